The number of hydrogen-bond donors (Lipinski definition) is 1. The highest BCUT2D eigenvalue weighted by atomic mass is 15.3. The molecule has 0 aromatic rings. The van der Waals surface area contributed by atoms with Crippen molar-refractivity contribution in [1.82, 2.24) is 20.0 Å². The van der Waals surface area contributed by atoms with Crippen molar-refractivity contribution >= 4 is 0 Å². The molecule has 0 unspecified atom stereocenters. The van der Waals surface area contributed by atoms with Gasteiger partial charge >= 0.3 is 0 Å². The van der Waals surface area contributed by atoms with Crippen LogP contribution in [0.4, 0.5) is 0 Å². The number of likely N-dealkylation sites (tertiary alicyclic amines) is 1. The fraction of sp³-hybridized carbons (Fsp3) is 1.00. The fourth-order valence-electron chi connectivity index (χ4n) is 3.36. The average molecular weight is 238 g/mol. The maximum absolute atomic E-state index is 3.38. The Bertz CT molecular complexity index is 238. The molecule has 98 valence electrons. The van der Waals surface area contributed by atoms with Crippen LogP contribution in [0.1, 0.15) is 12.8 Å². The van der Waals surface area contributed by atoms with Crippen LogP contribution < -0.4 is 5.32 Å². The van der Waals surface area contributed by atoms with Gasteiger partial charge in [0.1, 0.15) is 0 Å². The molecule has 3 saturated heterocycles. The van der Waals surface area contributed by atoms with E-state index >= 15 is 0 Å². The zero-order valence-electron chi connectivity index (χ0n) is 11.1. The highest BCUT2D eigenvalue weighted by Crippen LogP contribution is 2.18. The minimum absolute atomic E-state index is 0.842. The van der Waals surface area contributed by atoms with Gasteiger partial charge in [-0.1, -0.05) is 0 Å². The van der Waals surface area contributed by atoms with E-state index in [1.807, 2.05) is 0 Å². The van der Waals surface area contributed by atoms with E-state index in [-0.39, 0.29) is 0 Å². The third-order valence-electron chi connectivity index (χ3n) is 4.83. The Morgan fingerprint density at radius 2 is 1.29 bits per heavy atom. The summed E-state index contributed by atoms with van der Waals surface area (Å²) in [5, 5.41) is 3.38. The van der Waals surface area contributed by atoms with Crippen LogP contribution in [0.25, 0.3) is 0 Å². The highest BCUT2D eigenvalue weighted by Gasteiger charge is 2.30. The second kappa shape index (κ2) is 5.22. The van der Waals surface area contributed by atoms with E-state index in [2.05, 4.69) is 27.1 Å². The van der Waals surface area contributed by atoms with Crippen LogP contribution in [0.3, 0.4) is 0 Å². The van der Waals surface area contributed by atoms with Crippen LogP contribution >= 0.6 is 0 Å². The first-order valence-corrected chi connectivity index (χ1v) is 7.20. The molecule has 3 fully saturated rings. The predicted octanol–water partition coefficient (Wildman–Crippen LogP) is -0.330. The summed E-state index contributed by atoms with van der Waals surface area (Å²) in [6.45, 7) is 10.2. The van der Waals surface area contributed by atoms with E-state index in [0.29, 0.717) is 0 Å². The summed E-state index contributed by atoms with van der Waals surface area (Å²) in [7, 11) is 2.25. The Morgan fingerprint density at radius 3 is 1.76 bits per heavy atom. The monoisotopic (exact) mass is 238 g/mol. The van der Waals surface area contributed by atoms with Gasteiger partial charge in [0.15, 0.2) is 0 Å². The second-order valence-electron chi connectivity index (χ2n) is 5.92. The zero-order valence-corrected chi connectivity index (χ0v) is 11.1. The number of piperidine rings is 1. The molecule has 17 heavy (non-hydrogen) atoms. The number of nitrogens with one attached hydrogen (secondary N) is 1. The minimum atomic E-state index is 0.842. The summed E-state index contributed by atoms with van der Waals surface area (Å²) in [6, 6.07) is 1.71. The van der Waals surface area contributed by atoms with Gasteiger partial charge in [0.25, 0.3) is 0 Å². The lowest BCUT2D eigenvalue weighted by Crippen LogP contribution is -2.62. The molecule has 1 N–H and O–H groups in total. The average Bonchev–Trinajstić information content (AvgIpc) is 2.29. The zero-order chi connectivity index (χ0) is 11.7. The molecule has 3 rings (SSSR count). The van der Waals surface area contributed by atoms with Crippen LogP contribution in [0.15, 0.2) is 0 Å². The lowest BCUT2D eigenvalue weighted by atomic mass is 10.0. The molecule has 0 atom stereocenters. The van der Waals surface area contributed by atoms with Gasteiger partial charge in [-0.15, -0.1) is 0 Å². The molecule has 3 aliphatic heterocycles. The van der Waals surface area contributed by atoms with Crippen molar-refractivity contribution in [2.45, 2.75) is 24.9 Å². The number of piperazine rings is 1. The molecule has 0 aromatic carbocycles. The Morgan fingerprint density at radius 1 is 0.765 bits per heavy atom. The molecule has 3 heterocycles. The SMILES string of the molecule is CN1CCC(N2CCN(C3CNC3)CC2)CC1. The third-order valence-corrected chi connectivity index (χ3v) is 4.83. The van der Waals surface area contributed by atoms with Gasteiger partial charge in [0, 0.05) is 51.4 Å². The minimum Gasteiger partial charge on any atom is -0.314 e. The summed E-state index contributed by atoms with van der Waals surface area (Å²) < 4.78 is 0. The molecule has 0 aromatic heterocycles. The first-order chi connectivity index (χ1) is 8.33. The van der Waals surface area contributed by atoms with Gasteiger partial charge in [-0.25, -0.2) is 0 Å². The lowest BCUT2D eigenvalue weighted by Gasteiger charge is -2.46. The van der Waals surface area contributed by atoms with E-state index < -0.39 is 0 Å². The van der Waals surface area contributed by atoms with Crippen LogP contribution in [0, 0.1) is 0 Å². The molecule has 0 bridgehead atoms. The Kier molecular flexibility index (Phi) is 3.66. The van der Waals surface area contributed by atoms with Crippen molar-refractivity contribution in [3.05, 3.63) is 0 Å². The van der Waals surface area contributed by atoms with Gasteiger partial charge in [0.05, 0.1) is 0 Å². The second-order valence-corrected chi connectivity index (χ2v) is 5.92. The van der Waals surface area contributed by atoms with Crippen molar-refractivity contribution in [3.8, 4) is 0 Å². The van der Waals surface area contributed by atoms with Crippen LogP contribution in [0.5, 0.6) is 0 Å². The first-order valence-electron chi connectivity index (χ1n) is 7.20. The third kappa shape index (κ3) is 2.65. The van der Waals surface area contributed by atoms with Crippen molar-refractivity contribution in [2.75, 3.05) is 59.4 Å². The Balaban J connectivity index is 1.44. The number of nitrogens with zero attached hydrogens (tertiary/aromatic N) is 3. The largest absolute Gasteiger partial charge is 0.314 e. The van der Waals surface area contributed by atoms with Crippen molar-refractivity contribution < 1.29 is 0 Å². The summed E-state index contributed by atoms with van der Waals surface area (Å²) in [5.74, 6) is 0. The summed E-state index contributed by atoms with van der Waals surface area (Å²) in [5.41, 5.74) is 0. The van der Waals surface area contributed by atoms with E-state index in [1.165, 1.54) is 65.2 Å². The summed E-state index contributed by atoms with van der Waals surface area (Å²) in [6.07, 6.45) is 2.75. The highest BCUT2D eigenvalue weighted by molar-refractivity contribution is 4.89. The molecule has 0 radical (unpaired) electrons. The Labute approximate surface area is 105 Å². The molecule has 0 amide bonds. The van der Waals surface area contributed by atoms with Crippen molar-refractivity contribution in [3.63, 3.8) is 0 Å². The molecule has 0 saturated carbocycles. The molecule has 4 heteroatoms. The van der Waals surface area contributed by atoms with Gasteiger partial charge in [0.2, 0.25) is 0 Å². The molecule has 3 aliphatic rings. The topological polar surface area (TPSA) is 21.8 Å². The van der Waals surface area contributed by atoms with Crippen LogP contribution in [-0.2, 0) is 0 Å². The van der Waals surface area contributed by atoms with Crippen molar-refractivity contribution in [2.24, 2.45) is 0 Å². The van der Waals surface area contributed by atoms with Gasteiger partial charge in [-0.2, -0.15) is 0 Å². The van der Waals surface area contributed by atoms with E-state index in [9.17, 15) is 0 Å². The maximum Gasteiger partial charge on any atom is 0.0346 e. The summed E-state index contributed by atoms with van der Waals surface area (Å²) in [4.78, 5) is 7.89. The molecular formula is C13H26N4. The van der Waals surface area contributed by atoms with E-state index in [0.717, 1.165) is 12.1 Å². The first kappa shape index (κ1) is 11.9. The van der Waals surface area contributed by atoms with E-state index in [1.54, 1.807) is 0 Å². The van der Waals surface area contributed by atoms with Gasteiger partial charge in [-0.3, -0.25) is 9.80 Å². The lowest BCUT2D eigenvalue weighted by molar-refractivity contribution is 0.0344. The molecule has 0 spiro atoms. The maximum atomic E-state index is 3.38. The number of rotatable bonds is 2. The van der Waals surface area contributed by atoms with E-state index in [4.69, 9.17) is 0 Å². The van der Waals surface area contributed by atoms with Gasteiger partial charge < -0.3 is 10.2 Å². The quantitative estimate of drug-likeness (QED) is 0.711. The standard InChI is InChI=1S/C13H26N4/c1-15-4-2-12(3-5-15)16-6-8-17(9-7-16)13-10-14-11-13/h12-14H,2-11H2,1H3. The Hall–Kier alpha value is -0.160. The van der Waals surface area contributed by atoms with Crippen molar-refractivity contribution in [1.29, 1.82) is 0 Å². The summed E-state index contributed by atoms with van der Waals surface area (Å²) >= 11 is 0. The predicted molar refractivity (Wildman–Crippen MR) is 70.3 cm³/mol. The fourth-order valence-corrected chi connectivity index (χ4v) is 3.36. The normalized spacial score (nSPS) is 31.6. The molecular weight excluding hydrogens is 212 g/mol. The number of hydrogen-bond acceptors (Lipinski definition) is 4. The van der Waals surface area contributed by atoms with Crippen LogP contribution in [-0.4, -0.2) is 86.2 Å². The molecule has 4 nitrogen and oxygen atoms in total. The van der Waals surface area contributed by atoms with Crippen LogP contribution in [0.2, 0.25) is 0 Å². The smallest absolute Gasteiger partial charge is 0.0346 e. The molecule has 0 aliphatic carbocycles. The van der Waals surface area contributed by atoms with Gasteiger partial charge in [-0.05, 0) is 33.0 Å².